The van der Waals surface area contributed by atoms with Crippen molar-refractivity contribution in [3.8, 4) is 22.8 Å². The minimum Gasteiger partial charge on any atom is -0.426 e. The van der Waals surface area contributed by atoms with Gasteiger partial charge in [-0.3, -0.25) is 0 Å². The lowest BCUT2D eigenvalue weighted by atomic mass is 10.2. The first-order chi connectivity index (χ1) is 13.2. The van der Waals surface area contributed by atoms with Crippen LogP contribution in [0.25, 0.3) is 17.1 Å². The van der Waals surface area contributed by atoms with Gasteiger partial charge in [0.15, 0.2) is 5.82 Å². The van der Waals surface area contributed by atoms with Crippen molar-refractivity contribution in [2.24, 2.45) is 4.99 Å². The molecule has 0 saturated carbocycles. The van der Waals surface area contributed by atoms with Gasteiger partial charge in [-0.15, -0.1) is 5.10 Å². The molecule has 0 spiro atoms. The number of hydrogen-bond donors (Lipinski definition) is 0. The van der Waals surface area contributed by atoms with E-state index in [0.717, 1.165) is 12.1 Å². The molecule has 0 unspecified atom stereocenters. The average Bonchev–Trinajstić information content (AvgIpc) is 3.12. The molecule has 2 aromatic carbocycles. The Morgan fingerprint density at radius 2 is 1.61 bits per heavy atom. The van der Waals surface area contributed by atoms with Crippen molar-refractivity contribution in [1.29, 1.82) is 0 Å². The molecule has 0 amide bonds. The second kappa shape index (κ2) is 7.20. The third-order valence-corrected chi connectivity index (χ3v) is 3.47. The van der Waals surface area contributed by atoms with E-state index in [0.29, 0.717) is 22.8 Å². The summed E-state index contributed by atoms with van der Waals surface area (Å²) >= 11 is 0. The van der Waals surface area contributed by atoms with Crippen molar-refractivity contribution >= 4 is 11.8 Å². The van der Waals surface area contributed by atoms with E-state index in [2.05, 4.69) is 19.8 Å². The van der Waals surface area contributed by atoms with Crippen molar-refractivity contribution in [3.63, 3.8) is 0 Å². The SMILES string of the molecule is O=C=Nc1ccc(-c2ncn(-c3ccc(OC(F)(F)C(F)(F)F)cc3)n2)cc1. The first-order valence-electron chi connectivity index (χ1n) is 7.53. The van der Waals surface area contributed by atoms with Crippen LogP contribution in [0, 0.1) is 0 Å². The van der Waals surface area contributed by atoms with Crippen LogP contribution in [-0.2, 0) is 4.79 Å². The maximum Gasteiger partial charge on any atom is 0.499 e. The fourth-order valence-electron chi connectivity index (χ4n) is 2.13. The van der Waals surface area contributed by atoms with Gasteiger partial charge >= 0.3 is 12.3 Å². The Hall–Kier alpha value is -3.59. The summed E-state index contributed by atoms with van der Waals surface area (Å²) < 4.78 is 67.4. The molecule has 144 valence electrons. The molecular formula is C17H9F5N4O2. The van der Waals surface area contributed by atoms with Gasteiger partial charge in [-0.1, -0.05) is 0 Å². The third kappa shape index (κ3) is 4.04. The molecule has 0 saturated heterocycles. The topological polar surface area (TPSA) is 69.4 Å². The van der Waals surface area contributed by atoms with E-state index in [1.165, 1.54) is 29.2 Å². The minimum atomic E-state index is -5.82. The Morgan fingerprint density at radius 3 is 2.18 bits per heavy atom. The predicted molar refractivity (Wildman–Crippen MR) is 86.2 cm³/mol. The van der Waals surface area contributed by atoms with Crippen LogP contribution in [0.4, 0.5) is 27.6 Å². The van der Waals surface area contributed by atoms with Gasteiger partial charge in [0, 0.05) is 5.56 Å². The summed E-state index contributed by atoms with van der Waals surface area (Å²) in [5, 5.41) is 4.20. The number of ether oxygens (including phenoxy) is 1. The highest BCUT2D eigenvalue weighted by atomic mass is 19.4. The van der Waals surface area contributed by atoms with Crippen LogP contribution in [0.2, 0.25) is 0 Å². The van der Waals surface area contributed by atoms with E-state index in [1.807, 2.05) is 0 Å². The third-order valence-electron chi connectivity index (χ3n) is 3.47. The van der Waals surface area contributed by atoms with E-state index in [1.54, 1.807) is 24.3 Å². The summed E-state index contributed by atoms with van der Waals surface area (Å²) in [4.78, 5) is 17.8. The molecule has 3 aromatic rings. The maximum absolute atomic E-state index is 12.9. The lowest BCUT2D eigenvalue weighted by Crippen LogP contribution is -2.41. The number of rotatable bonds is 5. The molecule has 1 aromatic heterocycles. The normalized spacial score (nSPS) is 11.8. The first kappa shape index (κ1) is 19.2. The zero-order valence-corrected chi connectivity index (χ0v) is 13.7. The van der Waals surface area contributed by atoms with Crippen LogP contribution in [0.1, 0.15) is 0 Å². The second-order valence-corrected chi connectivity index (χ2v) is 5.37. The Balaban J connectivity index is 1.77. The van der Waals surface area contributed by atoms with Crippen LogP contribution in [0.5, 0.6) is 5.75 Å². The van der Waals surface area contributed by atoms with Gasteiger partial charge in [0.05, 0.1) is 11.4 Å². The number of halogens is 5. The number of carbonyl (C=O) groups excluding carboxylic acids is 1. The van der Waals surface area contributed by atoms with Crippen LogP contribution >= 0.6 is 0 Å². The second-order valence-electron chi connectivity index (χ2n) is 5.37. The molecular weight excluding hydrogens is 387 g/mol. The summed E-state index contributed by atoms with van der Waals surface area (Å²) in [6.45, 7) is 0. The van der Waals surface area contributed by atoms with Crippen LogP contribution in [0.15, 0.2) is 59.9 Å². The fraction of sp³-hybridized carbons (Fsp3) is 0.118. The minimum absolute atomic E-state index is 0.325. The number of nitrogens with zero attached hydrogens (tertiary/aromatic N) is 4. The molecule has 0 atom stereocenters. The maximum atomic E-state index is 12.9. The molecule has 0 N–H and O–H groups in total. The van der Waals surface area contributed by atoms with Crippen LogP contribution in [0.3, 0.4) is 0 Å². The molecule has 6 nitrogen and oxygen atoms in total. The van der Waals surface area contributed by atoms with Crippen LogP contribution in [-0.4, -0.2) is 33.1 Å². The highest BCUT2D eigenvalue weighted by Crippen LogP contribution is 2.37. The summed E-state index contributed by atoms with van der Waals surface area (Å²) in [6.07, 6.45) is -8.36. The van der Waals surface area contributed by atoms with Crippen molar-refractivity contribution in [2.75, 3.05) is 0 Å². The Bertz CT molecular complexity index is 1010. The van der Waals surface area contributed by atoms with Gasteiger partial charge in [-0.25, -0.2) is 14.5 Å². The first-order valence-corrected chi connectivity index (χ1v) is 7.53. The lowest BCUT2D eigenvalue weighted by molar-refractivity contribution is -0.360. The van der Waals surface area contributed by atoms with Crippen molar-refractivity contribution < 1.29 is 31.5 Å². The zero-order valence-electron chi connectivity index (χ0n) is 13.7. The monoisotopic (exact) mass is 396 g/mol. The van der Waals surface area contributed by atoms with Gasteiger partial charge in [-0.2, -0.15) is 26.9 Å². The molecule has 28 heavy (non-hydrogen) atoms. The number of isocyanates is 1. The van der Waals surface area contributed by atoms with E-state index in [4.69, 9.17) is 0 Å². The largest absolute Gasteiger partial charge is 0.499 e. The lowest BCUT2D eigenvalue weighted by Gasteiger charge is -2.20. The zero-order chi connectivity index (χ0) is 20.4. The van der Waals surface area contributed by atoms with Gasteiger partial charge in [0.1, 0.15) is 12.1 Å². The molecule has 0 aliphatic carbocycles. The molecule has 0 fully saturated rings. The van der Waals surface area contributed by atoms with Crippen LogP contribution < -0.4 is 4.74 Å². The smallest absolute Gasteiger partial charge is 0.426 e. The van der Waals surface area contributed by atoms with Gasteiger partial charge < -0.3 is 4.74 Å². The summed E-state index contributed by atoms with van der Waals surface area (Å²) in [5.74, 6) is -0.330. The fourth-order valence-corrected chi connectivity index (χ4v) is 2.13. The highest BCUT2D eigenvalue weighted by Gasteiger charge is 2.61. The van der Waals surface area contributed by atoms with Crippen molar-refractivity contribution in [1.82, 2.24) is 14.8 Å². The summed E-state index contributed by atoms with van der Waals surface area (Å²) in [5.41, 5.74) is 1.39. The predicted octanol–water partition coefficient (Wildman–Crippen LogP) is 4.44. The Morgan fingerprint density at radius 1 is 0.964 bits per heavy atom. The number of benzene rings is 2. The van der Waals surface area contributed by atoms with Crippen molar-refractivity contribution in [2.45, 2.75) is 12.3 Å². The number of aliphatic imine (C=N–C) groups is 1. The molecule has 3 rings (SSSR count). The average molecular weight is 396 g/mol. The van der Waals surface area contributed by atoms with E-state index in [-0.39, 0.29) is 0 Å². The van der Waals surface area contributed by atoms with Gasteiger partial charge in [-0.05, 0) is 48.5 Å². The molecule has 0 radical (unpaired) electrons. The van der Waals surface area contributed by atoms with Gasteiger partial charge in [0.25, 0.3) is 0 Å². The molecule has 11 heteroatoms. The molecule has 0 aliphatic rings. The molecule has 0 bridgehead atoms. The number of alkyl halides is 5. The van der Waals surface area contributed by atoms with E-state index in [9.17, 15) is 26.7 Å². The van der Waals surface area contributed by atoms with Gasteiger partial charge in [0.2, 0.25) is 6.08 Å². The highest BCUT2D eigenvalue weighted by molar-refractivity contribution is 5.59. The quantitative estimate of drug-likeness (QED) is 0.363. The van der Waals surface area contributed by atoms with E-state index < -0.39 is 18.0 Å². The van der Waals surface area contributed by atoms with E-state index >= 15 is 0 Å². The molecule has 0 aliphatic heterocycles. The summed E-state index contributed by atoms with van der Waals surface area (Å²) in [7, 11) is 0. The Labute approximate surface area is 153 Å². The summed E-state index contributed by atoms with van der Waals surface area (Å²) in [6, 6.07) is 10.8. The number of aromatic nitrogens is 3. The van der Waals surface area contributed by atoms with Crippen molar-refractivity contribution in [3.05, 3.63) is 54.9 Å². The Kier molecular flexibility index (Phi) is 4.93. The molecule has 1 heterocycles. The number of hydrogen-bond acceptors (Lipinski definition) is 5. The standard InChI is InChI=1S/C17H9F5N4O2/c18-16(19,20)17(21,22)28-14-7-5-13(6-8-14)26-9-23-15(25-26)11-1-3-12(4-2-11)24-10-27/h1-9H.